The number of carbonyl (C=O) groups is 1. The van der Waals surface area contributed by atoms with E-state index in [1.54, 1.807) is 12.3 Å². The average Bonchev–Trinajstić information content (AvgIpc) is 2.85. The van der Waals surface area contributed by atoms with Gasteiger partial charge in [0.25, 0.3) is 0 Å². The molecule has 0 unspecified atom stereocenters. The van der Waals surface area contributed by atoms with Gasteiger partial charge in [-0.15, -0.1) is 0 Å². The summed E-state index contributed by atoms with van der Waals surface area (Å²) in [6.45, 7) is 3.57. The highest BCUT2D eigenvalue weighted by molar-refractivity contribution is 6.12. The molecule has 0 atom stereocenters. The zero-order valence-corrected chi connectivity index (χ0v) is 16.0. The average molecular weight is 370 g/mol. The smallest absolute Gasteiger partial charge is 0.210 e. The summed E-state index contributed by atoms with van der Waals surface area (Å²) in [5.74, 6) is 0.523. The lowest BCUT2D eigenvalue weighted by Crippen LogP contribution is -2.13. The van der Waals surface area contributed by atoms with Gasteiger partial charge >= 0.3 is 0 Å². The number of ether oxygens (including phenoxy) is 2. The van der Waals surface area contributed by atoms with Crippen LogP contribution in [0.4, 0.5) is 0 Å². The van der Waals surface area contributed by atoms with Crippen LogP contribution in [0, 0.1) is 0 Å². The van der Waals surface area contributed by atoms with E-state index in [9.17, 15) is 9.90 Å². The summed E-state index contributed by atoms with van der Waals surface area (Å²) in [4.78, 5) is 13.2. The Hall–Kier alpha value is -2.89. The summed E-state index contributed by atoms with van der Waals surface area (Å²) < 4.78 is 12.7. The van der Waals surface area contributed by atoms with E-state index in [2.05, 4.69) is 12.2 Å². The van der Waals surface area contributed by atoms with Gasteiger partial charge in [-0.3, -0.25) is 4.79 Å². The fourth-order valence-electron chi connectivity index (χ4n) is 3.35. The SMILES string of the molecule is CCCCn1c(C(=O)C2=CNCCC=C2)cc2cc(OC)c(O)c(OC)c21. The van der Waals surface area contributed by atoms with Crippen molar-refractivity contribution in [3.05, 3.63) is 41.8 Å². The Morgan fingerprint density at radius 2 is 2.11 bits per heavy atom. The molecule has 1 aliphatic rings. The standard InChI is InChI=1S/C21H26N2O4/c1-4-5-10-23-16(19(24)14-8-6-7-9-22-13-14)11-15-12-17(26-2)20(25)21(27-3)18(15)23/h6,8,11-13,22,25H,4-5,7,9-10H2,1-3H3. The van der Waals surface area contributed by atoms with Crippen molar-refractivity contribution >= 4 is 16.7 Å². The van der Waals surface area contributed by atoms with Crippen LogP contribution >= 0.6 is 0 Å². The predicted octanol–water partition coefficient (Wildman–Crippen LogP) is 3.78. The van der Waals surface area contributed by atoms with Crippen molar-refractivity contribution in [1.29, 1.82) is 0 Å². The lowest BCUT2D eigenvalue weighted by molar-refractivity contribution is 0.102. The number of aromatic hydroxyl groups is 1. The first-order valence-electron chi connectivity index (χ1n) is 9.24. The van der Waals surface area contributed by atoms with E-state index in [4.69, 9.17) is 9.47 Å². The number of phenolic OH excluding ortho intramolecular Hbond substituents is 1. The molecule has 27 heavy (non-hydrogen) atoms. The summed E-state index contributed by atoms with van der Waals surface area (Å²) in [7, 11) is 3.00. The van der Waals surface area contributed by atoms with Crippen LogP contribution in [0.2, 0.25) is 0 Å². The molecule has 0 amide bonds. The monoisotopic (exact) mass is 370 g/mol. The van der Waals surface area contributed by atoms with Crippen molar-refractivity contribution in [3.63, 3.8) is 0 Å². The summed E-state index contributed by atoms with van der Waals surface area (Å²) in [6.07, 6.45) is 8.40. The van der Waals surface area contributed by atoms with Gasteiger partial charge in [-0.05, 0) is 25.0 Å². The van der Waals surface area contributed by atoms with Crippen molar-refractivity contribution in [3.8, 4) is 17.2 Å². The van der Waals surface area contributed by atoms with E-state index in [-0.39, 0.29) is 11.5 Å². The molecule has 0 spiro atoms. The number of hydrogen-bond acceptors (Lipinski definition) is 5. The van der Waals surface area contributed by atoms with Gasteiger partial charge in [-0.1, -0.05) is 25.5 Å². The van der Waals surface area contributed by atoms with Gasteiger partial charge in [0.2, 0.25) is 11.5 Å². The maximum atomic E-state index is 13.2. The van der Waals surface area contributed by atoms with Gasteiger partial charge in [0.05, 0.1) is 25.4 Å². The molecule has 1 aromatic carbocycles. The van der Waals surface area contributed by atoms with Crippen LogP contribution in [-0.4, -0.2) is 36.2 Å². The molecule has 0 saturated carbocycles. The summed E-state index contributed by atoms with van der Waals surface area (Å²) in [5, 5.41) is 14.4. The molecule has 144 valence electrons. The number of methoxy groups -OCH3 is 2. The molecular weight excluding hydrogens is 344 g/mol. The lowest BCUT2D eigenvalue weighted by Gasteiger charge is -2.14. The van der Waals surface area contributed by atoms with Crippen LogP contribution in [0.25, 0.3) is 10.9 Å². The topological polar surface area (TPSA) is 72.7 Å². The minimum atomic E-state index is -0.0616. The molecule has 2 aromatic rings. The molecule has 1 aromatic heterocycles. The van der Waals surface area contributed by atoms with E-state index in [1.807, 2.05) is 22.8 Å². The minimum Gasteiger partial charge on any atom is -0.502 e. The summed E-state index contributed by atoms with van der Waals surface area (Å²) >= 11 is 0. The maximum absolute atomic E-state index is 13.2. The number of phenols is 1. The van der Waals surface area contributed by atoms with Gasteiger partial charge in [0, 0.05) is 30.2 Å². The number of hydrogen-bond donors (Lipinski definition) is 2. The number of rotatable bonds is 7. The molecule has 0 bridgehead atoms. The summed E-state index contributed by atoms with van der Waals surface area (Å²) in [5.41, 5.74) is 1.89. The van der Waals surface area contributed by atoms with Crippen LogP contribution in [0.5, 0.6) is 17.2 Å². The van der Waals surface area contributed by atoms with Gasteiger partial charge in [0.15, 0.2) is 11.5 Å². The van der Waals surface area contributed by atoms with E-state index >= 15 is 0 Å². The normalized spacial score (nSPS) is 13.8. The first-order valence-corrected chi connectivity index (χ1v) is 9.24. The van der Waals surface area contributed by atoms with Crippen molar-refractivity contribution < 1.29 is 19.4 Å². The number of fused-ring (bicyclic) bond motifs is 1. The van der Waals surface area contributed by atoms with E-state index in [0.29, 0.717) is 34.8 Å². The zero-order valence-electron chi connectivity index (χ0n) is 16.0. The highest BCUT2D eigenvalue weighted by atomic mass is 16.5. The number of nitrogens with one attached hydrogen (secondary N) is 1. The van der Waals surface area contributed by atoms with Gasteiger partial charge in [0.1, 0.15) is 0 Å². The number of nitrogens with zero attached hydrogens (tertiary/aromatic N) is 1. The first-order chi connectivity index (χ1) is 13.1. The Morgan fingerprint density at radius 1 is 1.30 bits per heavy atom. The van der Waals surface area contributed by atoms with Crippen molar-refractivity contribution in [2.75, 3.05) is 20.8 Å². The molecule has 6 nitrogen and oxygen atoms in total. The second-order valence-electron chi connectivity index (χ2n) is 6.51. The Kier molecular flexibility index (Phi) is 5.74. The van der Waals surface area contributed by atoms with E-state index in [1.165, 1.54) is 14.2 Å². The molecule has 3 rings (SSSR count). The van der Waals surface area contributed by atoms with E-state index in [0.717, 1.165) is 31.2 Å². The Balaban J connectivity index is 2.22. The molecule has 6 heteroatoms. The minimum absolute atomic E-state index is 0.0578. The van der Waals surface area contributed by atoms with Crippen LogP contribution < -0.4 is 14.8 Å². The highest BCUT2D eigenvalue weighted by Gasteiger charge is 2.24. The Bertz CT molecular complexity index is 909. The number of allylic oxidation sites excluding steroid dienone is 2. The predicted molar refractivity (Wildman–Crippen MR) is 106 cm³/mol. The first kappa shape index (κ1) is 18.9. The number of carbonyl (C=O) groups excluding carboxylic acids is 1. The van der Waals surface area contributed by atoms with Crippen LogP contribution in [0.15, 0.2) is 36.1 Å². The molecule has 0 radical (unpaired) electrons. The Labute approximate surface area is 159 Å². The zero-order chi connectivity index (χ0) is 19.4. The van der Waals surface area contributed by atoms with Crippen molar-refractivity contribution in [2.45, 2.75) is 32.7 Å². The number of Topliss-reactive ketones (excluding diaryl/α,β-unsaturated/α-hetero) is 1. The third-order valence-electron chi connectivity index (χ3n) is 4.74. The number of benzene rings is 1. The van der Waals surface area contributed by atoms with Gasteiger partial charge < -0.3 is 24.5 Å². The fourth-order valence-corrected chi connectivity index (χ4v) is 3.35. The van der Waals surface area contributed by atoms with Crippen molar-refractivity contribution in [1.82, 2.24) is 9.88 Å². The quantitative estimate of drug-likeness (QED) is 0.726. The molecule has 0 saturated heterocycles. The fraction of sp³-hybridized carbons (Fsp3) is 0.381. The van der Waals surface area contributed by atoms with E-state index < -0.39 is 0 Å². The molecule has 2 N–H and O–H groups in total. The molecule has 0 fully saturated rings. The highest BCUT2D eigenvalue weighted by Crippen LogP contribution is 2.44. The van der Waals surface area contributed by atoms with Crippen LogP contribution in [0.3, 0.4) is 0 Å². The van der Waals surface area contributed by atoms with Gasteiger partial charge in [-0.2, -0.15) is 0 Å². The molecule has 1 aliphatic heterocycles. The molecular formula is C21H26N2O4. The maximum Gasteiger partial charge on any atom is 0.210 e. The number of aryl methyl sites for hydroxylation is 1. The van der Waals surface area contributed by atoms with Crippen LogP contribution in [0.1, 0.15) is 36.7 Å². The molecule has 0 aliphatic carbocycles. The number of unbranched alkanes of at least 4 members (excludes halogenated alkanes) is 1. The van der Waals surface area contributed by atoms with Crippen molar-refractivity contribution in [2.24, 2.45) is 0 Å². The van der Waals surface area contributed by atoms with Gasteiger partial charge in [-0.25, -0.2) is 0 Å². The molecule has 2 heterocycles. The third kappa shape index (κ3) is 3.52. The number of aromatic nitrogens is 1. The lowest BCUT2D eigenvalue weighted by atomic mass is 10.1. The second-order valence-corrected chi connectivity index (χ2v) is 6.51. The summed E-state index contributed by atoms with van der Waals surface area (Å²) in [6, 6.07) is 3.58. The Morgan fingerprint density at radius 3 is 2.81 bits per heavy atom. The second kappa shape index (κ2) is 8.20. The third-order valence-corrected chi connectivity index (χ3v) is 4.74. The largest absolute Gasteiger partial charge is 0.502 e. The van der Waals surface area contributed by atoms with Crippen LogP contribution in [-0.2, 0) is 6.54 Å². The number of ketones is 1.